The smallest absolute Gasteiger partial charge is 0.303 e. The van der Waals surface area contributed by atoms with Crippen molar-refractivity contribution < 1.29 is 9.97 Å². The van der Waals surface area contributed by atoms with Gasteiger partial charge >= 0.3 is 5.91 Å². The van der Waals surface area contributed by atoms with E-state index in [4.69, 9.17) is 23.2 Å². The number of quaternary nitrogens is 1. The zero-order valence-electron chi connectivity index (χ0n) is 7.38. The molecule has 0 saturated carbocycles. The van der Waals surface area contributed by atoms with Crippen molar-refractivity contribution in [3.63, 3.8) is 0 Å². The maximum absolute atomic E-state index is 11.3. The number of nitrogens with one attached hydrogen (secondary N) is 3. The van der Waals surface area contributed by atoms with Gasteiger partial charge in [0.2, 0.25) is 6.04 Å². The molecule has 1 aliphatic rings. The highest BCUT2D eigenvalue weighted by atomic mass is 35.5. The molecule has 1 fully saturated rings. The van der Waals surface area contributed by atoms with Gasteiger partial charge in [-0.3, -0.25) is 9.97 Å². The van der Waals surface area contributed by atoms with Gasteiger partial charge in [-0.25, -0.2) is 5.43 Å². The fraction of sp³-hybridized carbons (Fsp3) is 0.125. The number of benzene rings is 1. The monoisotopic (exact) mass is 247 g/mol. The van der Waals surface area contributed by atoms with Gasteiger partial charge in [-0.05, 0) is 18.2 Å². The average molecular weight is 248 g/mol. The lowest BCUT2D eigenvalue weighted by Crippen LogP contribution is -3.12. The molecular weight excluding hydrogens is 241 g/mol. The van der Waals surface area contributed by atoms with Crippen molar-refractivity contribution in [3.05, 3.63) is 39.0 Å². The van der Waals surface area contributed by atoms with E-state index >= 15 is 0 Å². The van der Waals surface area contributed by atoms with Gasteiger partial charge in [0.1, 0.15) is 0 Å². The molecule has 1 heterocycles. The van der Waals surface area contributed by atoms with Crippen molar-refractivity contribution in [3.8, 4) is 0 Å². The lowest BCUT2D eigenvalue weighted by Gasteiger charge is -2.20. The summed E-state index contributed by atoms with van der Waals surface area (Å²) in [6, 6.07) is 3.76. The molecular formula is C8H7Cl2N3O2. The lowest BCUT2D eigenvalue weighted by atomic mass is 10.1. The molecule has 5 nitrogen and oxygen atoms in total. The first kappa shape index (κ1) is 10.7. The van der Waals surface area contributed by atoms with Gasteiger partial charge in [-0.15, -0.1) is 0 Å². The van der Waals surface area contributed by atoms with Crippen molar-refractivity contribution in [2.75, 3.05) is 0 Å². The number of carbonyl (C=O) groups excluding carboxylic acids is 1. The molecule has 0 aromatic heterocycles. The molecule has 2 rings (SSSR count). The van der Waals surface area contributed by atoms with Crippen molar-refractivity contribution in [1.82, 2.24) is 11.0 Å². The van der Waals surface area contributed by atoms with Gasteiger partial charge < -0.3 is 5.21 Å². The largest absolute Gasteiger partial charge is 0.611 e. The average Bonchev–Trinajstić information content (AvgIpc) is 2.48. The SMILES string of the molecule is O=C1NN[NH+]([O-])C1c1ccc(Cl)cc1Cl. The summed E-state index contributed by atoms with van der Waals surface area (Å²) < 4.78 is 0. The van der Waals surface area contributed by atoms with Crippen LogP contribution < -0.4 is 16.1 Å². The zero-order valence-corrected chi connectivity index (χ0v) is 8.89. The van der Waals surface area contributed by atoms with Crippen LogP contribution in [0.15, 0.2) is 18.2 Å². The van der Waals surface area contributed by atoms with E-state index in [9.17, 15) is 10.0 Å². The summed E-state index contributed by atoms with van der Waals surface area (Å²) >= 11 is 11.6. The summed E-state index contributed by atoms with van der Waals surface area (Å²) in [5.41, 5.74) is 4.91. The molecule has 0 spiro atoms. The fourth-order valence-corrected chi connectivity index (χ4v) is 1.92. The summed E-state index contributed by atoms with van der Waals surface area (Å²) in [7, 11) is 0. The molecule has 1 saturated heterocycles. The van der Waals surface area contributed by atoms with E-state index < -0.39 is 17.1 Å². The van der Waals surface area contributed by atoms with Crippen molar-refractivity contribution in [2.45, 2.75) is 6.04 Å². The number of hydroxylamine groups is 1. The molecule has 1 aromatic carbocycles. The first-order valence-corrected chi connectivity index (χ1v) is 4.90. The molecule has 0 aliphatic carbocycles. The summed E-state index contributed by atoms with van der Waals surface area (Å²) in [6.07, 6.45) is 0. The maximum Gasteiger partial charge on any atom is 0.303 e. The minimum Gasteiger partial charge on any atom is -0.611 e. The molecule has 1 aliphatic heterocycles. The Kier molecular flexibility index (Phi) is 2.81. The Labute approximate surface area is 95.5 Å². The third-order valence-corrected chi connectivity index (χ3v) is 2.67. The fourth-order valence-electron chi connectivity index (χ4n) is 1.40. The van der Waals surface area contributed by atoms with Crippen LogP contribution in [0, 0.1) is 5.21 Å². The number of amides is 1. The summed E-state index contributed by atoms with van der Waals surface area (Å²) in [4.78, 5) is 11.3. The molecule has 0 bridgehead atoms. The Balaban J connectivity index is 2.40. The van der Waals surface area contributed by atoms with E-state index in [-0.39, 0.29) is 0 Å². The molecule has 1 amide bonds. The van der Waals surface area contributed by atoms with E-state index in [0.717, 1.165) is 0 Å². The second kappa shape index (κ2) is 3.96. The molecule has 1 aromatic rings. The van der Waals surface area contributed by atoms with Gasteiger partial charge in [0, 0.05) is 10.6 Å². The van der Waals surface area contributed by atoms with Crippen LogP contribution in [0.4, 0.5) is 0 Å². The molecule has 7 heteroatoms. The Hall–Kier alpha value is -0.850. The second-order valence-corrected chi connectivity index (χ2v) is 3.92. The predicted molar refractivity (Wildman–Crippen MR) is 54.8 cm³/mol. The van der Waals surface area contributed by atoms with E-state index in [1.54, 1.807) is 12.1 Å². The second-order valence-electron chi connectivity index (χ2n) is 3.08. The van der Waals surface area contributed by atoms with Crippen molar-refractivity contribution in [2.24, 2.45) is 0 Å². The number of hydrazine groups is 1. The minimum atomic E-state index is -0.894. The van der Waals surface area contributed by atoms with Crippen LogP contribution in [-0.4, -0.2) is 5.91 Å². The van der Waals surface area contributed by atoms with Gasteiger partial charge in [0.15, 0.2) is 0 Å². The van der Waals surface area contributed by atoms with Crippen LogP contribution in [0.25, 0.3) is 0 Å². The van der Waals surface area contributed by atoms with Gasteiger partial charge in [-0.2, -0.15) is 0 Å². The number of hydrogen-bond acceptors (Lipinski definition) is 3. The van der Waals surface area contributed by atoms with Crippen LogP contribution in [0.5, 0.6) is 0 Å². The Morgan fingerprint density at radius 1 is 1.40 bits per heavy atom. The Morgan fingerprint density at radius 3 is 2.67 bits per heavy atom. The van der Waals surface area contributed by atoms with Crippen LogP contribution in [0.1, 0.15) is 11.6 Å². The maximum atomic E-state index is 11.3. The summed E-state index contributed by atoms with van der Waals surface area (Å²) in [5, 5.41) is 11.7. The zero-order chi connectivity index (χ0) is 11.0. The normalized spacial score (nSPS) is 25.4. The number of halogens is 2. The van der Waals surface area contributed by atoms with E-state index in [1.165, 1.54) is 6.07 Å². The molecule has 2 unspecified atom stereocenters. The van der Waals surface area contributed by atoms with Gasteiger partial charge in [-0.1, -0.05) is 28.7 Å². The molecule has 0 radical (unpaired) electrons. The van der Waals surface area contributed by atoms with Crippen molar-refractivity contribution in [1.29, 1.82) is 0 Å². The van der Waals surface area contributed by atoms with E-state index in [2.05, 4.69) is 11.0 Å². The molecule has 80 valence electrons. The van der Waals surface area contributed by atoms with Gasteiger partial charge in [0.05, 0.1) is 5.02 Å². The highest BCUT2D eigenvalue weighted by molar-refractivity contribution is 6.35. The predicted octanol–water partition coefficient (Wildman–Crippen LogP) is -0.0334. The van der Waals surface area contributed by atoms with Crippen LogP contribution >= 0.6 is 23.2 Å². The van der Waals surface area contributed by atoms with Crippen LogP contribution in [0.3, 0.4) is 0 Å². The minimum absolute atomic E-state index is 0.305. The van der Waals surface area contributed by atoms with Crippen molar-refractivity contribution >= 4 is 29.1 Å². The first-order chi connectivity index (χ1) is 7.09. The first-order valence-electron chi connectivity index (χ1n) is 4.14. The highest BCUT2D eigenvalue weighted by Crippen LogP contribution is 2.25. The Morgan fingerprint density at radius 2 is 2.13 bits per heavy atom. The topological polar surface area (TPSA) is 68.6 Å². The summed E-state index contributed by atoms with van der Waals surface area (Å²) in [6.45, 7) is 0. The van der Waals surface area contributed by atoms with Crippen LogP contribution in [-0.2, 0) is 4.79 Å². The van der Waals surface area contributed by atoms with E-state index in [0.29, 0.717) is 15.6 Å². The standard InChI is InChI=1S/C8H7Cl2N3O2/c9-4-1-2-5(6(10)3-4)7-8(14)11-12-13(7)15/h1-3,7,12-13H,(H,11,14). The summed E-state index contributed by atoms with van der Waals surface area (Å²) in [5.74, 6) is -0.413. The Bertz CT molecular complexity index is 413. The number of carbonyl (C=O) groups is 1. The lowest BCUT2D eigenvalue weighted by molar-refractivity contribution is -0.911. The van der Waals surface area contributed by atoms with Gasteiger partial charge in [0.25, 0.3) is 0 Å². The quantitative estimate of drug-likeness (QED) is 0.611. The highest BCUT2D eigenvalue weighted by Gasteiger charge is 2.35. The molecule has 2 atom stereocenters. The van der Waals surface area contributed by atoms with E-state index in [1.807, 2.05) is 0 Å². The third-order valence-electron chi connectivity index (χ3n) is 2.11. The molecule has 15 heavy (non-hydrogen) atoms. The third kappa shape index (κ3) is 1.92. The number of hydrogen-bond donors (Lipinski definition) is 3. The number of rotatable bonds is 1. The van der Waals surface area contributed by atoms with Crippen LogP contribution in [0.2, 0.25) is 10.0 Å². The molecule has 3 N–H and O–H groups in total.